The number of aromatic nitrogens is 1. The van der Waals surface area contributed by atoms with Gasteiger partial charge in [0.25, 0.3) is 0 Å². The molecule has 0 aliphatic heterocycles. The number of benzene rings is 2. The molecule has 0 radical (unpaired) electrons. The number of carbonyl (C=O) groups is 2. The number of nitrogens with one attached hydrogen (secondary N) is 2. The number of halogens is 1. The molecule has 10 heteroatoms. The van der Waals surface area contributed by atoms with E-state index in [1.54, 1.807) is 26.2 Å². The van der Waals surface area contributed by atoms with E-state index in [1.165, 1.54) is 30.4 Å². The molecule has 0 saturated carbocycles. The summed E-state index contributed by atoms with van der Waals surface area (Å²) >= 11 is 4.81. The van der Waals surface area contributed by atoms with Gasteiger partial charge in [0.2, 0.25) is 0 Å². The summed E-state index contributed by atoms with van der Waals surface area (Å²) in [7, 11) is 6.28. The van der Waals surface area contributed by atoms with E-state index in [0.717, 1.165) is 25.4 Å². The number of fused-ring (bicyclic) bond motifs is 1. The molecule has 0 aliphatic rings. The van der Waals surface area contributed by atoms with Crippen molar-refractivity contribution < 1.29 is 14.4 Å². The van der Waals surface area contributed by atoms with Crippen molar-refractivity contribution in [3.63, 3.8) is 0 Å². The van der Waals surface area contributed by atoms with Gasteiger partial charge in [-0.2, -0.15) is 0 Å². The largest absolute Gasteiger partial charge is 0.345 e. The molecule has 154 valence electrons. The molecular formula is C19H22BrN5O3S. The predicted octanol–water partition coefficient (Wildman–Crippen LogP) is 4.55. The first-order valence-electron chi connectivity index (χ1n) is 8.51. The minimum Gasteiger partial charge on any atom is -0.341 e. The summed E-state index contributed by atoms with van der Waals surface area (Å²) in [6.45, 7) is 0. The van der Waals surface area contributed by atoms with Crippen molar-refractivity contribution >= 4 is 60.4 Å². The maximum absolute atomic E-state index is 11.4. The Balaban J connectivity index is 0.000000208. The van der Waals surface area contributed by atoms with Gasteiger partial charge in [0, 0.05) is 31.3 Å². The predicted molar refractivity (Wildman–Crippen MR) is 120 cm³/mol. The Morgan fingerprint density at radius 1 is 1.07 bits per heavy atom. The Kier molecular flexibility index (Phi) is 8.37. The van der Waals surface area contributed by atoms with Crippen LogP contribution in [0, 0.1) is 0 Å². The van der Waals surface area contributed by atoms with Crippen LogP contribution in [0.3, 0.4) is 0 Å². The van der Waals surface area contributed by atoms with Gasteiger partial charge in [-0.3, -0.25) is 9.74 Å². The zero-order chi connectivity index (χ0) is 21.4. The first-order chi connectivity index (χ1) is 13.8. The lowest BCUT2D eigenvalue weighted by atomic mass is 10.3. The number of thiazole rings is 1. The van der Waals surface area contributed by atoms with Gasteiger partial charge in [0.05, 0.1) is 17.3 Å². The standard InChI is InChI=1S/C10H11N3OS.C9H11BrN2O2/c1-11-9(14)13(2)10-12-7-5-3-4-6-8(7)15-10;1-12(14-2)9(13)11-8-5-3-7(10)4-6-8/h3-6H,1-2H3,(H,11,14);3-6H,1-2H3,(H,11,13). The summed E-state index contributed by atoms with van der Waals surface area (Å²) in [5.41, 5.74) is 1.65. The van der Waals surface area contributed by atoms with Gasteiger partial charge in [-0.05, 0) is 36.4 Å². The van der Waals surface area contributed by atoms with Crippen molar-refractivity contribution in [3.8, 4) is 0 Å². The Bertz CT molecular complexity index is 931. The quantitative estimate of drug-likeness (QED) is 0.539. The van der Waals surface area contributed by atoms with Gasteiger partial charge < -0.3 is 10.6 Å². The van der Waals surface area contributed by atoms with Crippen molar-refractivity contribution in [3.05, 3.63) is 53.0 Å². The van der Waals surface area contributed by atoms with Crippen molar-refractivity contribution in [2.75, 3.05) is 38.5 Å². The lowest BCUT2D eigenvalue weighted by Crippen LogP contribution is -2.34. The molecule has 4 amide bonds. The second kappa shape index (κ2) is 10.7. The van der Waals surface area contributed by atoms with Crippen LogP contribution < -0.4 is 15.5 Å². The van der Waals surface area contributed by atoms with Crippen LogP contribution in [0.5, 0.6) is 0 Å². The zero-order valence-corrected chi connectivity index (χ0v) is 18.9. The molecule has 3 aromatic rings. The highest BCUT2D eigenvalue weighted by Crippen LogP contribution is 2.27. The van der Waals surface area contributed by atoms with Crippen LogP contribution >= 0.6 is 27.3 Å². The van der Waals surface area contributed by atoms with Gasteiger partial charge in [-0.25, -0.2) is 19.6 Å². The fourth-order valence-corrected chi connectivity index (χ4v) is 3.27. The van der Waals surface area contributed by atoms with Crippen LogP contribution in [-0.4, -0.2) is 50.4 Å². The number of hydrogen-bond donors (Lipinski definition) is 2. The highest BCUT2D eigenvalue weighted by Gasteiger charge is 2.13. The minimum absolute atomic E-state index is 0.158. The molecule has 0 bridgehead atoms. The fraction of sp³-hybridized carbons (Fsp3) is 0.211. The van der Waals surface area contributed by atoms with Gasteiger partial charge in [0.1, 0.15) is 0 Å². The fourth-order valence-electron chi connectivity index (χ4n) is 2.08. The zero-order valence-electron chi connectivity index (χ0n) is 16.5. The topological polar surface area (TPSA) is 86.8 Å². The Labute approximate surface area is 181 Å². The van der Waals surface area contributed by atoms with E-state index < -0.39 is 0 Å². The number of amides is 4. The van der Waals surface area contributed by atoms with E-state index in [2.05, 4.69) is 31.5 Å². The van der Waals surface area contributed by atoms with E-state index in [-0.39, 0.29) is 12.1 Å². The molecule has 3 rings (SSSR count). The maximum atomic E-state index is 11.4. The van der Waals surface area contributed by atoms with Crippen molar-refractivity contribution in [2.45, 2.75) is 0 Å². The SMILES string of the molecule is CNC(=O)N(C)c1nc2ccccc2s1.CON(C)C(=O)Nc1ccc(Br)cc1. The molecule has 0 aliphatic carbocycles. The molecule has 1 heterocycles. The van der Waals surface area contributed by atoms with Crippen LogP contribution in [0.15, 0.2) is 53.0 Å². The lowest BCUT2D eigenvalue weighted by Gasteiger charge is -2.14. The van der Waals surface area contributed by atoms with Gasteiger partial charge >= 0.3 is 12.1 Å². The molecule has 2 aromatic carbocycles. The third-order valence-electron chi connectivity index (χ3n) is 3.74. The van der Waals surface area contributed by atoms with Gasteiger partial charge in [-0.1, -0.05) is 39.4 Å². The van der Waals surface area contributed by atoms with E-state index in [0.29, 0.717) is 5.13 Å². The van der Waals surface area contributed by atoms with Crippen LogP contribution in [-0.2, 0) is 4.84 Å². The van der Waals surface area contributed by atoms with Crippen molar-refractivity contribution in [2.24, 2.45) is 0 Å². The molecule has 2 N–H and O–H groups in total. The highest BCUT2D eigenvalue weighted by molar-refractivity contribution is 9.10. The third kappa shape index (κ3) is 6.41. The molecule has 1 aromatic heterocycles. The molecule has 0 saturated heterocycles. The number of para-hydroxylation sites is 1. The lowest BCUT2D eigenvalue weighted by molar-refractivity contribution is -0.0598. The first kappa shape index (κ1) is 22.6. The second-order valence-corrected chi connectivity index (χ2v) is 7.62. The summed E-state index contributed by atoms with van der Waals surface area (Å²) in [5, 5.41) is 7.04. The van der Waals surface area contributed by atoms with Crippen molar-refractivity contribution in [1.82, 2.24) is 15.4 Å². The Hall–Kier alpha value is -2.69. The number of anilines is 2. The normalized spacial score (nSPS) is 9.97. The molecule has 0 unspecified atom stereocenters. The number of rotatable bonds is 3. The number of hydrogen-bond acceptors (Lipinski definition) is 5. The number of urea groups is 2. The van der Waals surface area contributed by atoms with Crippen LogP contribution in [0.4, 0.5) is 20.4 Å². The molecule has 8 nitrogen and oxygen atoms in total. The summed E-state index contributed by atoms with van der Waals surface area (Å²) in [4.78, 5) is 33.3. The van der Waals surface area contributed by atoms with Crippen LogP contribution in [0.1, 0.15) is 0 Å². The molecular weight excluding hydrogens is 458 g/mol. The average molecular weight is 480 g/mol. The summed E-state index contributed by atoms with van der Waals surface area (Å²) in [5.74, 6) is 0. The van der Waals surface area contributed by atoms with E-state index in [9.17, 15) is 9.59 Å². The molecule has 0 atom stereocenters. The second-order valence-electron chi connectivity index (χ2n) is 5.70. The summed E-state index contributed by atoms with van der Waals surface area (Å²) in [6, 6.07) is 14.7. The van der Waals surface area contributed by atoms with Gasteiger partial charge in [-0.15, -0.1) is 0 Å². The molecule has 0 fully saturated rings. The molecule has 0 spiro atoms. The van der Waals surface area contributed by atoms with Crippen LogP contribution in [0.25, 0.3) is 10.2 Å². The Morgan fingerprint density at radius 2 is 1.72 bits per heavy atom. The minimum atomic E-state index is -0.310. The third-order valence-corrected chi connectivity index (χ3v) is 5.38. The maximum Gasteiger partial charge on any atom is 0.345 e. The van der Waals surface area contributed by atoms with E-state index in [4.69, 9.17) is 4.84 Å². The van der Waals surface area contributed by atoms with E-state index >= 15 is 0 Å². The highest BCUT2D eigenvalue weighted by atomic mass is 79.9. The van der Waals surface area contributed by atoms with Crippen molar-refractivity contribution in [1.29, 1.82) is 0 Å². The summed E-state index contributed by atoms with van der Waals surface area (Å²) in [6.07, 6.45) is 0. The van der Waals surface area contributed by atoms with Crippen LogP contribution in [0.2, 0.25) is 0 Å². The van der Waals surface area contributed by atoms with Gasteiger partial charge in [0.15, 0.2) is 5.13 Å². The number of hydroxylamine groups is 2. The smallest absolute Gasteiger partial charge is 0.341 e. The number of carbonyl (C=O) groups excluding carboxylic acids is 2. The average Bonchev–Trinajstić information content (AvgIpc) is 3.18. The Morgan fingerprint density at radius 3 is 2.31 bits per heavy atom. The van der Waals surface area contributed by atoms with E-state index in [1.807, 2.05) is 36.4 Å². The monoisotopic (exact) mass is 479 g/mol. The molecule has 29 heavy (non-hydrogen) atoms. The first-order valence-corrected chi connectivity index (χ1v) is 10.1. The number of nitrogens with zero attached hydrogens (tertiary/aromatic N) is 3. The summed E-state index contributed by atoms with van der Waals surface area (Å²) < 4.78 is 2.05.